The lowest BCUT2D eigenvalue weighted by Crippen LogP contribution is -2.09. The van der Waals surface area contributed by atoms with Gasteiger partial charge in [-0.2, -0.15) is 0 Å². The normalized spacial score (nSPS) is 12.3. The van der Waals surface area contributed by atoms with E-state index in [1.807, 2.05) is 13.0 Å². The highest BCUT2D eigenvalue weighted by Crippen LogP contribution is 2.31. The lowest BCUT2D eigenvalue weighted by Gasteiger charge is -2.17. The summed E-state index contributed by atoms with van der Waals surface area (Å²) in [7, 11) is 0. The third kappa shape index (κ3) is 3.35. The molecule has 1 unspecified atom stereocenters. The van der Waals surface area contributed by atoms with Crippen LogP contribution in [0.2, 0.25) is 15.2 Å². The van der Waals surface area contributed by atoms with Crippen LogP contribution in [0.15, 0.2) is 24.3 Å². The van der Waals surface area contributed by atoms with Gasteiger partial charge in [0.15, 0.2) is 0 Å². The summed E-state index contributed by atoms with van der Waals surface area (Å²) in [6, 6.07) is 6.41. The number of aryl methyl sites for hydroxylation is 1. The zero-order valence-electron chi connectivity index (χ0n) is 10.8. The Morgan fingerprint density at radius 1 is 1.15 bits per heavy atom. The zero-order chi connectivity index (χ0) is 14.9. The van der Waals surface area contributed by atoms with Crippen LogP contribution in [-0.4, -0.2) is 4.98 Å². The third-order valence-electron chi connectivity index (χ3n) is 2.94. The van der Waals surface area contributed by atoms with Gasteiger partial charge in [0, 0.05) is 0 Å². The maximum Gasteiger partial charge on any atom is 0.150 e. The average Bonchev–Trinajstić information content (AvgIpc) is 2.39. The Morgan fingerprint density at radius 3 is 2.50 bits per heavy atom. The highest BCUT2D eigenvalue weighted by Gasteiger charge is 2.12. The van der Waals surface area contributed by atoms with E-state index in [0.29, 0.717) is 16.4 Å². The third-order valence-corrected chi connectivity index (χ3v) is 3.90. The molecule has 1 heterocycles. The molecule has 0 saturated carbocycles. The molecule has 1 aromatic heterocycles. The largest absolute Gasteiger partial charge is 0.362 e. The van der Waals surface area contributed by atoms with Gasteiger partial charge in [0.25, 0.3) is 0 Å². The second-order valence-corrected chi connectivity index (χ2v) is 5.64. The number of hydrogen-bond acceptors (Lipinski definition) is 2. The van der Waals surface area contributed by atoms with Crippen LogP contribution in [0.1, 0.15) is 24.1 Å². The van der Waals surface area contributed by atoms with Crippen molar-refractivity contribution < 1.29 is 4.39 Å². The number of benzene rings is 1. The average molecular weight is 334 g/mol. The van der Waals surface area contributed by atoms with Crippen LogP contribution in [-0.2, 0) is 0 Å². The van der Waals surface area contributed by atoms with Gasteiger partial charge in [-0.1, -0.05) is 46.9 Å². The van der Waals surface area contributed by atoms with Crippen molar-refractivity contribution >= 4 is 40.6 Å². The van der Waals surface area contributed by atoms with E-state index >= 15 is 0 Å². The van der Waals surface area contributed by atoms with Crippen molar-refractivity contribution in [2.45, 2.75) is 19.9 Å². The Labute approximate surface area is 131 Å². The number of hydrogen-bond donors (Lipinski definition) is 1. The second kappa shape index (κ2) is 6.17. The van der Waals surface area contributed by atoms with Crippen molar-refractivity contribution in [2.24, 2.45) is 0 Å². The van der Waals surface area contributed by atoms with Crippen LogP contribution in [0.5, 0.6) is 0 Å². The summed E-state index contributed by atoms with van der Waals surface area (Å²) in [6.45, 7) is 3.60. The van der Waals surface area contributed by atoms with Crippen molar-refractivity contribution in [1.29, 1.82) is 0 Å². The highest BCUT2D eigenvalue weighted by atomic mass is 35.5. The van der Waals surface area contributed by atoms with E-state index < -0.39 is 0 Å². The molecule has 0 amide bonds. The summed E-state index contributed by atoms with van der Waals surface area (Å²) in [5, 5.41) is 3.90. The topological polar surface area (TPSA) is 24.9 Å². The molecule has 0 aliphatic heterocycles. The quantitative estimate of drug-likeness (QED) is 0.733. The summed E-state index contributed by atoms with van der Waals surface area (Å²) in [6.07, 6.45) is 0. The molecule has 6 heteroatoms. The minimum Gasteiger partial charge on any atom is -0.362 e. The van der Waals surface area contributed by atoms with Crippen molar-refractivity contribution in [3.63, 3.8) is 0 Å². The SMILES string of the molecule is Cc1ccc(C(C)Nc2nc(Cl)c(Cl)cc2Cl)cc1F. The minimum absolute atomic E-state index is 0.167. The van der Waals surface area contributed by atoms with Crippen molar-refractivity contribution in [3.05, 3.63) is 56.4 Å². The molecule has 20 heavy (non-hydrogen) atoms. The van der Waals surface area contributed by atoms with Crippen LogP contribution in [0, 0.1) is 12.7 Å². The van der Waals surface area contributed by atoms with E-state index in [0.717, 1.165) is 5.56 Å². The first kappa shape index (κ1) is 15.4. The summed E-state index contributed by atoms with van der Waals surface area (Å²) in [5.74, 6) is 0.166. The Balaban J connectivity index is 2.25. The van der Waals surface area contributed by atoms with Gasteiger partial charge in [0.2, 0.25) is 0 Å². The maximum atomic E-state index is 13.6. The van der Waals surface area contributed by atoms with Crippen molar-refractivity contribution in [1.82, 2.24) is 4.98 Å². The van der Waals surface area contributed by atoms with Crippen LogP contribution in [0.3, 0.4) is 0 Å². The van der Waals surface area contributed by atoms with Gasteiger partial charge in [-0.25, -0.2) is 9.37 Å². The van der Waals surface area contributed by atoms with E-state index in [4.69, 9.17) is 34.8 Å². The van der Waals surface area contributed by atoms with Gasteiger partial charge in [-0.3, -0.25) is 0 Å². The molecule has 0 radical (unpaired) electrons. The molecule has 0 spiro atoms. The van der Waals surface area contributed by atoms with Gasteiger partial charge in [0.1, 0.15) is 16.8 Å². The lowest BCUT2D eigenvalue weighted by molar-refractivity contribution is 0.614. The molecule has 106 valence electrons. The molecule has 1 atom stereocenters. The minimum atomic E-state index is -0.246. The summed E-state index contributed by atoms with van der Waals surface area (Å²) in [5.41, 5.74) is 1.39. The summed E-state index contributed by atoms with van der Waals surface area (Å²) in [4.78, 5) is 4.07. The summed E-state index contributed by atoms with van der Waals surface area (Å²) >= 11 is 17.7. The Bertz CT molecular complexity index is 647. The monoisotopic (exact) mass is 332 g/mol. The number of nitrogens with one attached hydrogen (secondary N) is 1. The molecule has 0 aliphatic carbocycles. The van der Waals surface area contributed by atoms with E-state index in [1.165, 1.54) is 12.1 Å². The molecular weight excluding hydrogens is 322 g/mol. The van der Waals surface area contributed by atoms with Gasteiger partial charge in [-0.15, -0.1) is 0 Å². The highest BCUT2D eigenvalue weighted by molar-refractivity contribution is 6.42. The molecule has 2 nitrogen and oxygen atoms in total. The Hall–Kier alpha value is -1.03. The van der Waals surface area contributed by atoms with E-state index in [9.17, 15) is 4.39 Å². The fraction of sp³-hybridized carbons (Fsp3) is 0.214. The first-order chi connectivity index (χ1) is 9.38. The van der Waals surface area contributed by atoms with Crippen LogP contribution in [0.4, 0.5) is 10.2 Å². The predicted octanol–water partition coefficient (Wildman–Crippen LogP) is 5.66. The van der Waals surface area contributed by atoms with Crippen molar-refractivity contribution in [2.75, 3.05) is 5.32 Å². The van der Waals surface area contributed by atoms with Crippen LogP contribution < -0.4 is 5.32 Å². The number of rotatable bonds is 3. The second-order valence-electron chi connectivity index (χ2n) is 4.47. The number of nitrogens with zero attached hydrogens (tertiary/aromatic N) is 1. The number of aromatic nitrogens is 1. The van der Waals surface area contributed by atoms with Gasteiger partial charge >= 0.3 is 0 Å². The Kier molecular flexibility index (Phi) is 4.74. The molecule has 2 rings (SSSR count). The molecule has 2 aromatic rings. The smallest absolute Gasteiger partial charge is 0.150 e. The Morgan fingerprint density at radius 2 is 1.85 bits per heavy atom. The standard InChI is InChI=1S/C14H12Cl3FN2/c1-7-3-4-9(5-12(7)18)8(2)19-14-11(16)6-10(15)13(17)20-14/h3-6,8H,1-2H3,(H,19,20). The molecule has 0 fully saturated rings. The van der Waals surface area contributed by atoms with Crippen molar-refractivity contribution in [3.8, 4) is 0 Å². The van der Waals surface area contributed by atoms with Gasteiger partial charge in [-0.05, 0) is 37.1 Å². The van der Waals surface area contributed by atoms with Gasteiger partial charge in [0.05, 0.1) is 16.1 Å². The van der Waals surface area contributed by atoms with Gasteiger partial charge < -0.3 is 5.32 Å². The molecule has 1 N–H and O–H groups in total. The maximum absolute atomic E-state index is 13.6. The van der Waals surface area contributed by atoms with E-state index in [-0.39, 0.29) is 22.0 Å². The summed E-state index contributed by atoms with van der Waals surface area (Å²) < 4.78 is 13.6. The number of pyridine rings is 1. The lowest BCUT2D eigenvalue weighted by atomic mass is 10.1. The fourth-order valence-electron chi connectivity index (χ4n) is 1.71. The predicted molar refractivity (Wildman–Crippen MR) is 82.4 cm³/mol. The fourth-order valence-corrected chi connectivity index (χ4v) is 2.26. The van der Waals surface area contributed by atoms with E-state index in [2.05, 4.69) is 10.3 Å². The molecular formula is C14H12Cl3FN2. The number of halogens is 4. The molecule has 0 bridgehead atoms. The first-order valence-corrected chi connectivity index (χ1v) is 7.06. The molecule has 0 aliphatic rings. The van der Waals surface area contributed by atoms with Crippen LogP contribution in [0.25, 0.3) is 0 Å². The molecule has 0 saturated heterocycles. The zero-order valence-corrected chi connectivity index (χ0v) is 13.1. The molecule has 1 aromatic carbocycles. The van der Waals surface area contributed by atoms with E-state index in [1.54, 1.807) is 13.0 Å². The first-order valence-electron chi connectivity index (χ1n) is 5.92. The number of anilines is 1. The van der Waals surface area contributed by atoms with Crippen LogP contribution >= 0.6 is 34.8 Å².